The zero-order chi connectivity index (χ0) is 10.1. The van der Waals surface area contributed by atoms with Crippen LogP contribution in [-0.2, 0) is 0 Å². The zero-order valence-electron chi connectivity index (χ0n) is 9.21. The molecule has 0 radical (unpaired) electrons. The number of rotatable bonds is 6. The summed E-state index contributed by atoms with van der Waals surface area (Å²) in [6, 6.07) is 0. The van der Waals surface area contributed by atoms with Gasteiger partial charge in [0.2, 0.25) is 0 Å². The van der Waals surface area contributed by atoms with Crippen LogP contribution < -0.4 is 5.73 Å². The predicted octanol–water partition coefficient (Wildman–Crippen LogP) is 1.83. The molecular formula is C10H23N3. The molecule has 0 bridgehead atoms. The number of hydrogen-bond donors (Lipinski definition) is 1. The molecule has 0 atom stereocenters. The van der Waals surface area contributed by atoms with Crippen LogP contribution in [0.5, 0.6) is 0 Å². The van der Waals surface area contributed by atoms with Crippen molar-refractivity contribution in [1.29, 1.82) is 0 Å². The number of nitrogens with two attached hydrogens (primary N) is 1. The molecule has 0 aliphatic heterocycles. The summed E-state index contributed by atoms with van der Waals surface area (Å²) < 4.78 is 0. The van der Waals surface area contributed by atoms with E-state index in [-0.39, 0.29) is 0 Å². The minimum Gasteiger partial charge on any atom is -0.370 e. The molecule has 0 fully saturated rings. The maximum absolute atomic E-state index is 5.77. The lowest BCUT2D eigenvalue weighted by Gasteiger charge is -2.17. The maximum Gasteiger partial charge on any atom is 0.190 e. The molecule has 0 heterocycles. The molecule has 2 N–H and O–H groups in total. The summed E-state index contributed by atoms with van der Waals surface area (Å²) in [5, 5.41) is 0. The minimum atomic E-state index is 0.682. The SMILES string of the molecule is CCCCN=C(N)N(C)CCCC. The highest BCUT2D eigenvalue weighted by Gasteiger charge is 1.98. The summed E-state index contributed by atoms with van der Waals surface area (Å²) in [5.74, 6) is 0.682. The zero-order valence-corrected chi connectivity index (χ0v) is 9.21. The lowest BCUT2D eigenvalue weighted by Crippen LogP contribution is -2.34. The highest BCUT2D eigenvalue weighted by Crippen LogP contribution is 1.92. The molecule has 3 nitrogen and oxygen atoms in total. The fourth-order valence-corrected chi connectivity index (χ4v) is 0.982. The van der Waals surface area contributed by atoms with Crippen LogP contribution in [0.3, 0.4) is 0 Å². The molecule has 0 aromatic rings. The van der Waals surface area contributed by atoms with Crippen LogP contribution in [-0.4, -0.2) is 31.0 Å². The van der Waals surface area contributed by atoms with Crippen LogP contribution >= 0.6 is 0 Å². The van der Waals surface area contributed by atoms with Crippen LogP contribution in [0.25, 0.3) is 0 Å². The standard InChI is InChI=1S/C10H23N3/c1-4-6-8-12-10(11)13(3)9-7-5-2/h4-9H2,1-3H3,(H2,11,12). The number of aliphatic imine (C=N–C) groups is 1. The quantitative estimate of drug-likeness (QED) is 0.390. The molecule has 0 aromatic heterocycles. The normalized spacial score (nSPS) is 11.8. The number of guanidine groups is 1. The second kappa shape index (κ2) is 7.90. The van der Waals surface area contributed by atoms with Crippen LogP contribution in [0, 0.1) is 0 Å². The Labute approximate surface area is 82.0 Å². The highest BCUT2D eigenvalue weighted by atomic mass is 15.2. The summed E-state index contributed by atoms with van der Waals surface area (Å²) in [7, 11) is 2.00. The van der Waals surface area contributed by atoms with Gasteiger partial charge in [-0.1, -0.05) is 26.7 Å². The van der Waals surface area contributed by atoms with Crippen molar-refractivity contribution in [2.75, 3.05) is 20.1 Å². The Hall–Kier alpha value is -0.730. The predicted molar refractivity (Wildman–Crippen MR) is 58.9 cm³/mol. The third kappa shape index (κ3) is 6.43. The summed E-state index contributed by atoms with van der Waals surface area (Å²) in [5.41, 5.74) is 5.77. The van der Waals surface area contributed by atoms with Crippen LogP contribution in [0.2, 0.25) is 0 Å². The van der Waals surface area contributed by atoms with Gasteiger partial charge in [-0.15, -0.1) is 0 Å². The van der Waals surface area contributed by atoms with Crippen LogP contribution in [0.4, 0.5) is 0 Å². The Morgan fingerprint density at radius 1 is 1.23 bits per heavy atom. The fourth-order valence-electron chi connectivity index (χ4n) is 0.982. The van der Waals surface area contributed by atoms with Gasteiger partial charge in [-0.2, -0.15) is 0 Å². The molecule has 0 aliphatic rings. The molecule has 0 saturated carbocycles. The van der Waals surface area contributed by atoms with E-state index in [1.54, 1.807) is 0 Å². The van der Waals surface area contributed by atoms with Crippen molar-refractivity contribution in [2.45, 2.75) is 39.5 Å². The summed E-state index contributed by atoms with van der Waals surface area (Å²) >= 11 is 0. The van der Waals surface area contributed by atoms with E-state index in [0.29, 0.717) is 5.96 Å². The number of hydrogen-bond acceptors (Lipinski definition) is 1. The topological polar surface area (TPSA) is 41.6 Å². The van der Waals surface area contributed by atoms with E-state index in [4.69, 9.17) is 5.73 Å². The molecule has 0 unspecified atom stereocenters. The average Bonchev–Trinajstić information content (AvgIpc) is 2.14. The molecule has 0 saturated heterocycles. The first-order valence-electron chi connectivity index (χ1n) is 5.23. The maximum atomic E-state index is 5.77. The van der Waals surface area contributed by atoms with E-state index in [0.717, 1.165) is 19.5 Å². The Kier molecular flexibility index (Phi) is 7.45. The Bertz CT molecular complexity index is 143. The van der Waals surface area contributed by atoms with Crippen LogP contribution in [0.15, 0.2) is 4.99 Å². The molecule has 0 aromatic carbocycles. The second-order valence-corrected chi connectivity index (χ2v) is 3.37. The van der Waals surface area contributed by atoms with Gasteiger partial charge < -0.3 is 10.6 Å². The first-order valence-corrected chi connectivity index (χ1v) is 5.23. The monoisotopic (exact) mass is 185 g/mol. The van der Waals surface area contributed by atoms with Gasteiger partial charge in [0.1, 0.15) is 0 Å². The molecule has 78 valence electrons. The van der Waals surface area contributed by atoms with E-state index in [1.165, 1.54) is 19.3 Å². The smallest absolute Gasteiger partial charge is 0.190 e. The lowest BCUT2D eigenvalue weighted by molar-refractivity contribution is 0.477. The second-order valence-electron chi connectivity index (χ2n) is 3.37. The van der Waals surface area contributed by atoms with Gasteiger partial charge >= 0.3 is 0 Å². The summed E-state index contributed by atoms with van der Waals surface area (Å²) in [6.07, 6.45) is 4.69. The van der Waals surface area contributed by atoms with Gasteiger partial charge in [0.25, 0.3) is 0 Å². The molecule has 0 rings (SSSR count). The van der Waals surface area contributed by atoms with E-state index >= 15 is 0 Å². The lowest BCUT2D eigenvalue weighted by atomic mass is 10.3. The van der Waals surface area contributed by atoms with Gasteiger partial charge in [0.05, 0.1) is 0 Å². The molecule has 0 spiro atoms. The van der Waals surface area contributed by atoms with E-state index in [9.17, 15) is 0 Å². The van der Waals surface area contributed by atoms with E-state index < -0.39 is 0 Å². The fraction of sp³-hybridized carbons (Fsp3) is 0.900. The van der Waals surface area contributed by atoms with Gasteiger partial charge in [-0.05, 0) is 12.8 Å². The van der Waals surface area contributed by atoms with Gasteiger partial charge in [0, 0.05) is 20.1 Å². The van der Waals surface area contributed by atoms with E-state index in [1.807, 2.05) is 11.9 Å². The van der Waals surface area contributed by atoms with Crippen molar-refractivity contribution in [3.63, 3.8) is 0 Å². The van der Waals surface area contributed by atoms with Crippen LogP contribution in [0.1, 0.15) is 39.5 Å². The van der Waals surface area contributed by atoms with Crippen molar-refractivity contribution in [3.05, 3.63) is 0 Å². The van der Waals surface area contributed by atoms with Crippen molar-refractivity contribution >= 4 is 5.96 Å². The molecule has 0 amide bonds. The number of unbranched alkanes of at least 4 members (excludes halogenated alkanes) is 2. The molecule has 0 aliphatic carbocycles. The first-order chi connectivity index (χ1) is 6.22. The molecule has 3 heteroatoms. The van der Waals surface area contributed by atoms with Crippen molar-refractivity contribution in [3.8, 4) is 0 Å². The minimum absolute atomic E-state index is 0.682. The Balaban J connectivity index is 3.65. The number of nitrogens with zero attached hydrogens (tertiary/aromatic N) is 2. The third-order valence-corrected chi connectivity index (χ3v) is 2.02. The summed E-state index contributed by atoms with van der Waals surface area (Å²) in [6.45, 7) is 6.21. The Morgan fingerprint density at radius 3 is 2.38 bits per heavy atom. The largest absolute Gasteiger partial charge is 0.370 e. The third-order valence-electron chi connectivity index (χ3n) is 2.02. The first kappa shape index (κ1) is 12.3. The molecular weight excluding hydrogens is 162 g/mol. The average molecular weight is 185 g/mol. The van der Waals surface area contributed by atoms with Crippen molar-refractivity contribution < 1.29 is 0 Å². The van der Waals surface area contributed by atoms with Crippen molar-refractivity contribution in [1.82, 2.24) is 4.90 Å². The van der Waals surface area contributed by atoms with Gasteiger partial charge in [0.15, 0.2) is 5.96 Å². The summed E-state index contributed by atoms with van der Waals surface area (Å²) in [4.78, 5) is 6.31. The van der Waals surface area contributed by atoms with Gasteiger partial charge in [-0.3, -0.25) is 4.99 Å². The van der Waals surface area contributed by atoms with Crippen molar-refractivity contribution in [2.24, 2.45) is 10.7 Å². The Morgan fingerprint density at radius 2 is 1.85 bits per heavy atom. The van der Waals surface area contributed by atoms with E-state index in [2.05, 4.69) is 18.8 Å². The van der Waals surface area contributed by atoms with Gasteiger partial charge in [-0.25, -0.2) is 0 Å². The molecule has 13 heavy (non-hydrogen) atoms. The highest BCUT2D eigenvalue weighted by molar-refractivity contribution is 5.77.